The van der Waals surface area contributed by atoms with Crippen LogP contribution in [-0.4, -0.2) is 58.7 Å². The zero-order chi connectivity index (χ0) is 22.4. The first kappa shape index (κ1) is 28.0. The number of alkyl halides is 3. The van der Waals surface area contributed by atoms with Crippen LogP contribution in [0.5, 0.6) is 0 Å². The van der Waals surface area contributed by atoms with Gasteiger partial charge in [0.2, 0.25) is 0 Å². The second-order valence-electron chi connectivity index (χ2n) is 7.73. The number of halogens is 4. The summed E-state index contributed by atoms with van der Waals surface area (Å²) in [6.07, 6.45) is -1.69. The summed E-state index contributed by atoms with van der Waals surface area (Å²) in [5.41, 5.74) is -0.0346. The topological polar surface area (TPSA) is 79.8 Å². The van der Waals surface area contributed by atoms with Gasteiger partial charge in [-0.15, -0.1) is 24.0 Å². The highest BCUT2D eigenvalue weighted by atomic mass is 127. The lowest BCUT2D eigenvalue weighted by molar-refractivity contribution is -0.137. The SMILES string of the molecule is CN=C(NCCC(C)c1cccc(C(F)(F)F)c1)NCC1(S(C)(=O)=O)CCOCC1.I. The summed E-state index contributed by atoms with van der Waals surface area (Å²) in [7, 11) is -1.71. The van der Waals surface area contributed by atoms with Crippen LogP contribution in [0, 0.1) is 0 Å². The van der Waals surface area contributed by atoms with E-state index in [0.29, 0.717) is 50.5 Å². The van der Waals surface area contributed by atoms with E-state index < -0.39 is 26.3 Å². The first-order valence-electron chi connectivity index (χ1n) is 9.87. The first-order chi connectivity index (χ1) is 14.0. The van der Waals surface area contributed by atoms with Crippen LogP contribution in [0.15, 0.2) is 29.3 Å². The molecule has 0 radical (unpaired) electrons. The molecule has 0 aliphatic carbocycles. The van der Waals surface area contributed by atoms with Gasteiger partial charge in [-0.1, -0.05) is 25.1 Å². The predicted molar refractivity (Wildman–Crippen MR) is 127 cm³/mol. The van der Waals surface area contributed by atoms with Gasteiger partial charge in [0.1, 0.15) is 0 Å². The maximum atomic E-state index is 12.9. The van der Waals surface area contributed by atoms with Gasteiger partial charge in [-0.25, -0.2) is 8.42 Å². The molecule has 31 heavy (non-hydrogen) atoms. The van der Waals surface area contributed by atoms with Crippen LogP contribution in [0.1, 0.15) is 43.2 Å². The van der Waals surface area contributed by atoms with Crippen molar-refractivity contribution in [3.63, 3.8) is 0 Å². The number of ether oxygens (including phenoxy) is 1. The minimum atomic E-state index is -4.36. The molecule has 178 valence electrons. The molecular formula is C20H31F3IN3O3S. The average Bonchev–Trinajstić information content (AvgIpc) is 2.69. The largest absolute Gasteiger partial charge is 0.416 e. The summed E-state index contributed by atoms with van der Waals surface area (Å²) in [6.45, 7) is 3.36. The first-order valence-corrected chi connectivity index (χ1v) is 11.8. The van der Waals surface area contributed by atoms with Crippen molar-refractivity contribution in [2.75, 3.05) is 39.6 Å². The smallest absolute Gasteiger partial charge is 0.381 e. The van der Waals surface area contributed by atoms with Crippen LogP contribution >= 0.6 is 24.0 Å². The van der Waals surface area contributed by atoms with Gasteiger partial charge in [-0.2, -0.15) is 13.2 Å². The molecule has 0 saturated carbocycles. The van der Waals surface area contributed by atoms with Gasteiger partial charge in [0.25, 0.3) is 0 Å². The lowest BCUT2D eigenvalue weighted by atomic mass is 9.96. The number of guanidine groups is 1. The molecule has 1 heterocycles. The third-order valence-corrected chi connectivity index (χ3v) is 7.77. The van der Waals surface area contributed by atoms with Crippen LogP contribution in [0.3, 0.4) is 0 Å². The summed E-state index contributed by atoms with van der Waals surface area (Å²) in [5.74, 6) is 0.372. The molecule has 6 nitrogen and oxygen atoms in total. The Hall–Kier alpha value is -1.08. The lowest BCUT2D eigenvalue weighted by Crippen LogP contribution is -2.53. The molecule has 11 heteroatoms. The lowest BCUT2D eigenvalue weighted by Gasteiger charge is -2.35. The minimum Gasteiger partial charge on any atom is -0.381 e. The normalized spacial score (nSPS) is 18.1. The molecule has 1 aromatic rings. The number of nitrogens with zero attached hydrogens (tertiary/aromatic N) is 1. The molecule has 1 atom stereocenters. The van der Waals surface area contributed by atoms with E-state index in [9.17, 15) is 21.6 Å². The zero-order valence-electron chi connectivity index (χ0n) is 18.0. The van der Waals surface area contributed by atoms with Crippen LogP contribution in [-0.2, 0) is 20.8 Å². The molecule has 0 aromatic heterocycles. The number of hydrogen-bond donors (Lipinski definition) is 2. The van der Waals surface area contributed by atoms with Gasteiger partial charge in [0, 0.05) is 39.6 Å². The Morgan fingerprint density at radius 3 is 2.45 bits per heavy atom. The van der Waals surface area contributed by atoms with Gasteiger partial charge >= 0.3 is 6.18 Å². The molecule has 1 unspecified atom stereocenters. The average molecular weight is 577 g/mol. The molecule has 1 fully saturated rings. The van der Waals surface area contributed by atoms with Crippen molar-refractivity contribution < 1.29 is 26.3 Å². The molecule has 2 N–H and O–H groups in total. The van der Waals surface area contributed by atoms with Crippen molar-refractivity contribution in [2.24, 2.45) is 4.99 Å². The number of sulfone groups is 1. The van der Waals surface area contributed by atoms with Crippen LogP contribution in [0.25, 0.3) is 0 Å². The van der Waals surface area contributed by atoms with Crippen LogP contribution < -0.4 is 10.6 Å². The summed E-state index contributed by atoms with van der Waals surface area (Å²) >= 11 is 0. The van der Waals surface area contributed by atoms with Gasteiger partial charge < -0.3 is 15.4 Å². The van der Waals surface area contributed by atoms with E-state index in [2.05, 4.69) is 15.6 Å². The molecule has 0 bridgehead atoms. The van der Waals surface area contributed by atoms with Gasteiger partial charge in [-0.05, 0) is 36.8 Å². The molecular weight excluding hydrogens is 546 g/mol. The Balaban J connectivity index is 0.00000480. The van der Waals surface area contributed by atoms with Crippen LogP contribution in [0.2, 0.25) is 0 Å². The second kappa shape index (κ2) is 11.7. The Labute approximate surface area is 199 Å². The summed E-state index contributed by atoms with van der Waals surface area (Å²) < 4.78 is 67.8. The molecule has 1 saturated heterocycles. The Kier molecular flexibility index (Phi) is 10.5. The maximum absolute atomic E-state index is 12.9. The van der Waals surface area contributed by atoms with Crippen LogP contribution in [0.4, 0.5) is 13.2 Å². The van der Waals surface area contributed by atoms with E-state index in [1.807, 2.05) is 6.92 Å². The van der Waals surface area contributed by atoms with E-state index >= 15 is 0 Å². The van der Waals surface area contributed by atoms with Crippen molar-refractivity contribution in [3.05, 3.63) is 35.4 Å². The van der Waals surface area contributed by atoms with E-state index in [-0.39, 0.29) is 36.4 Å². The zero-order valence-corrected chi connectivity index (χ0v) is 21.1. The summed E-state index contributed by atoms with van der Waals surface area (Å²) in [4.78, 5) is 4.12. The second-order valence-corrected chi connectivity index (χ2v) is 10.1. The molecule has 1 aliphatic rings. The number of hydrogen-bond acceptors (Lipinski definition) is 4. The monoisotopic (exact) mass is 577 g/mol. The highest BCUT2D eigenvalue weighted by Gasteiger charge is 2.42. The van der Waals surface area contributed by atoms with Gasteiger partial charge in [0.15, 0.2) is 15.8 Å². The fourth-order valence-electron chi connectivity index (χ4n) is 3.48. The minimum absolute atomic E-state index is 0. The fourth-order valence-corrected chi connectivity index (χ4v) is 4.73. The molecule has 1 aromatic carbocycles. The number of aliphatic imine (C=N–C) groups is 1. The molecule has 0 amide bonds. The maximum Gasteiger partial charge on any atom is 0.416 e. The highest BCUT2D eigenvalue weighted by Crippen LogP contribution is 2.31. The Morgan fingerprint density at radius 2 is 1.90 bits per heavy atom. The van der Waals surface area contributed by atoms with E-state index in [4.69, 9.17) is 4.74 Å². The van der Waals surface area contributed by atoms with E-state index in [1.54, 1.807) is 13.1 Å². The van der Waals surface area contributed by atoms with Crippen molar-refractivity contribution in [3.8, 4) is 0 Å². The fraction of sp³-hybridized carbons (Fsp3) is 0.650. The molecule has 0 spiro atoms. The van der Waals surface area contributed by atoms with E-state index in [0.717, 1.165) is 6.07 Å². The third kappa shape index (κ3) is 7.77. The van der Waals surface area contributed by atoms with Crippen molar-refractivity contribution in [2.45, 2.75) is 43.0 Å². The standard InChI is InChI=1S/C20H30F3N3O3S.HI/c1-15(16-5-4-6-17(13-16)20(21,22)23)7-10-25-18(24-2)26-14-19(30(3,27)28)8-11-29-12-9-19;/h4-6,13,15H,7-12,14H2,1-3H3,(H2,24,25,26);1H. The summed E-state index contributed by atoms with van der Waals surface area (Å²) in [5, 5.41) is 6.20. The van der Waals surface area contributed by atoms with Crippen molar-refractivity contribution >= 4 is 39.8 Å². The van der Waals surface area contributed by atoms with Crippen molar-refractivity contribution in [1.29, 1.82) is 0 Å². The number of nitrogens with one attached hydrogen (secondary N) is 2. The van der Waals surface area contributed by atoms with Gasteiger partial charge in [0.05, 0.1) is 10.3 Å². The van der Waals surface area contributed by atoms with E-state index in [1.165, 1.54) is 18.4 Å². The third-order valence-electron chi connectivity index (χ3n) is 5.64. The number of rotatable bonds is 7. The summed E-state index contributed by atoms with van der Waals surface area (Å²) in [6, 6.07) is 5.35. The Morgan fingerprint density at radius 1 is 1.26 bits per heavy atom. The number of benzene rings is 1. The molecule has 2 rings (SSSR count). The Bertz CT molecular complexity index is 842. The highest BCUT2D eigenvalue weighted by molar-refractivity contribution is 14.0. The van der Waals surface area contributed by atoms with Crippen molar-refractivity contribution in [1.82, 2.24) is 10.6 Å². The quantitative estimate of drug-likeness (QED) is 0.295. The molecule has 1 aliphatic heterocycles. The van der Waals surface area contributed by atoms with Gasteiger partial charge in [-0.3, -0.25) is 4.99 Å². The predicted octanol–water partition coefficient (Wildman–Crippen LogP) is 3.58.